The number of ether oxygens (including phenoxy) is 10. The van der Waals surface area contributed by atoms with Gasteiger partial charge in [-0.2, -0.15) is 0 Å². The van der Waals surface area contributed by atoms with Crippen molar-refractivity contribution in [2.24, 2.45) is 28.8 Å². The normalized spacial score (nSPS) is 48.4. The Labute approximate surface area is 384 Å². The van der Waals surface area contributed by atoms with Gasteiger partial charge in [-0.25, -0.2) is 0 Å². The average Bonchev–Trinajstić information content (AvgIpc) is 3.62. The Balaban J connectivity index is 1.09. The molecule has 18 atom stereocenters. The van der Waals surface area contributed by atoms with Gasteiger partial charge in [-0.15, -0.1) is 0 Å². The molecule has 2 aliphatic carbocycles. The van der Waals surface area contributed by atoms with Gasteiger partial charge in [0.05, 0.1) is 49.3 Å². The van der Waals surface area contributed by atoms with Crippen molar-refractivity contribution < 1.29 is 67.6 Å². The zero-order valence-electron chi connectivity index (χ0n) is 39.7. The molecule has 3 N–H and O–H groups in total. The van der Waals surface area contributed by atoms with Crippen molar-refractivity contribution >= 4 is 11.7 Å². The first-order valence-electron chi connectivity index (χ1n) is 24.4. The lowest BCUT2D eigenvalue weighted by Gasteiger charge is -2.51. The molecule has 364 valence electrons. The Morgan fingerprint density at radius 2 is 1.60 bits per heavy atom. The molecule has 15 heteroatoms. The molecule has 6 aliphatic heterocycles. The fraction of sp³-hybridized carbons (Fsp3) is 0.800. The summed E-state index contributed by atoms with van der Waals surface area (Å²) >= 11 is 0. The number of aliphatic hydroxyl groups excluding tert-OH is 1. The van der Waals surface area contributed by atoms with E-state index >= 15 is 0 Å². The minimum atomic E-state index is -1.86. The Morgan fingerprint density at radius 1 is 0.877 bits per heavy atom. The highest BCUT2D eigenvalue weighted by molar-refractivity contribution is 6.06. The topological polar surface area (TPSA) is 182 Å². The molecule has 1 saturated carbocycles. The van der Waals surface area contributed by atoms with Gasteiger partial charge in [0, 0.05) is 52.2 Å². The van der Waals surface area contributed by atoms with E-state index in [-0.39, 0.29) is 36.5 Å². The van der Waals surface area contributed by atoms with Gasteiger partial charge in [0.25, 0.3) is 0 Å². The first-order valence-corrected chi connectivity index (χ1v) is 24.4. The Bertz CT molecular complexity index is 1830. The molecule has 6 fully saturated rings. The molecule has 5 saturated heterocycles. The Hall–Kier alpha value is -2.54. The van der Waals surface area contributed by atoms with Crippen molar-refractivity contribution in [2.75, 3.05) is 20.8 Å². The number of rotatable bonds is 7. The molecular weight excluding hydrogens is 839 g/mol. The van der Waals surface area contributed by atoms with Gasteiger partial charge in [0.15, 0.2) is 18.4 Å². The molecule has 8 rings (SSSR count). The zero-order chi connectivity index (χ0) is 46.2. The number of carbonyl (C=O) groups excluding carboxylic acids is 1. The maximum Gasteiger partial charge on any atom is 0.316 e. The van der Waals surface area contributed by atoms with Crippen molar-refractivity contribution in [3.63, 3.8) is 0 Å². The van der Waals surface area contributed by atoms with Crippen LogP contribution in [0.4, 0.5) is 0 Å². The van der Waals surface area contributed by atoms with E-state index in [4.69, 9.17) is 47.4 Å². The summed E-state index contributed by atoms with van der Waals surface area (Å²) in [5, 5.41) is 36.8. The molecule has 3 unspecified atom stereocenters. The van der Waals surface area contributed by atoms with E-state index in [1.54, 1.807) is 40.2 Å². The quantitative estimate of drug-likeness (QED) is 0.107. The SMILES string of the molecule is CO[C@@H]1C[C@H](O[C@H]2C(C)O[C@@H](O[C@@H]3/C(C)=C/C[C@@H]4C[C@@H](CC5(CC[C@H](C)[C@@H](C6CCCCC6)O5)O4)OC(=O)[C@@H]4C=C(C)/C(=N/O)[C@H]5OC/C(=C\C=C\[C@@H]3C)[C@]54O)C[C@H]2OC)OC(C)[C@@H]1O. The number of nitrogens with zero attached hydrogens (tertiary/aromatic N) is 1. The minimum absolute atomic E-state index is 0.0205. The molecule has 8 aliphatic rings. The molecule has 0 aromatic heterocycles. The number of hydrogen-bond acceptors (Lipinski definition) is 15. The third kappa shape index (κ3) is 10.1. The van der Waals surface area contributed by atoms with Crippen LogP contribution in [0.1, 0.15) is 119 Å². The predicted molar refractivity (Wildman–Crippen MR) is 238 cm³/mol. The van der Waals surface area contributed by atoms with Gasteiger partial charge in [0.1, 0.15) is 41.6 Å². The maximum atomic E-state index is 14.5. The van der Waals surface area contributed by atoms with E-state index in [0.29, 0.717) is 61.5 Å². The van der Waals surface area contributed by atoms with Crippen LogP contribution in [0.25, 0.3) is 0 Å². The molecule has 15 nitrogen and oxygen atoms in total. The first-order chi connectivity index (χ1) is 31.2. The monoisotopic (exact) mass is 914 g/mol. The van der Waals surface area contributed by atoms with Gasteiger partial charge < -0.3 is 62.8 Å². The molecule has 0 aromatic carbocycles. The summed E-state index contributed by atoms with van der Waals surface area (Å²) in [7, 11) is 3.23. The van der Waals surface area contributed by atoms with Crippen molar-refractivity contribution in [3.05, 3.63) is 47.1 Å². The second-order valence-corrected chi connectivity index (χ2v) is 20.3. The van der Waals surface area contributed by atoms with Crippen LogP contribution in [0.2, 0.25) is 0 Å². The summed E-state index contributed by atoms with van der Waals surface area (Å²) in [6, 6.07) is 0. The fourth-order valence-corrected chi connectivity index (χ4v) is 12.1. The molecule has 6 heterocycles. The zero-order valence-corrected chi connectivity index (χ0v) is 39.7. The summed E-state index contributed by atoms with van der Waals surface area (Å²) in [6.45, 7) is 11.9. The van der Waals surface area contributed by atoms with Gasteiger partial charge in [-0.1, -0.05) is 68.6 Å². The molecule has 0 amide bonds. The van der Waals surface area contributed by atoms with Crippen LogP contribution >= 0.6 is 0 Å². The summed E-state index contributed by atoms with van der Waals surface area (Å²) in [5.41, 5.74) is 0.304. The largest absolute Gasteiger partial charge is 0.462 e. The van der Waals surface area contributed by atoms with Crippen molar-refractivity contribution in [2.45, 2.75) is 210 Å². The Morgan fingerprint density at radius 3 is 2.34 bits per heavy atom. The van der Waals surface area contributed by atoms with Crippen LogP contribution in [0.15, 0.2) is 52.3 Å². The highest BCUT2D eigenvalue weighted by Crippen LogP contribution is 2.48. The van der Waals surface area contributed by atoms with E-state index in [1.807, 2.05) is 19.1 Å². The van der Waals surface area contributed by atoms with Crippen molar-refractivity contribution in [1.29, 1.82) is 0 Å². The van der Waals surface area contributed by atoms with Gasteiger partial charge in [-0.05, 0) is 81.9 Å². The molecular formula is C50H75NO14. The lowest BCUT2D eigenvalue weighted by Crippen LogP contribution is -2.57. The molecule has 0 radical (unpaired) electrons. The number of hydrogen-bond donors (Lipinski definition) is 3. The Kier molecular flexibility index (Phi) is 15.5. The van der Waals surface area contributed by atoms with Crippen LogP contribution < -0.4 is 0 Å². The van der Waals surface area contributed by atoms with E-state index in [2.05, 4.69) is 32.0 Å². The smallest absolute Gasteiger partial charge is 0.316 e. The van der Waals surface area contributed by atoms with Gasteiger partial charge in [-0.3, -0.25) is 4.79 Å². The van der Waals surface area contributed by atoms with Crippen LogP contribution in [0.5, 0.6) is 0 Å². The first kappa shape index (κ1) is 48.9. The number of oxime groups is 1. The highest BCUT2D eigenvalue weighted by atomic mass is 16.7. The number of carbonyl (C=O) groups is 1. The summed E-state index contributed by atoms with van der Waals surface area (Å²) < 4.78 is 64.5. The predicted octanol–water partition coefficient (Wildman–Crippen LogP) is 6.60. The summed E-state index contributed by atoms with van der Waals surface area (Å²) in [4.78, 5) is 14.5. The lowest BCUT2D eigenvalue weighted by molar-refractivity contribution is -0.342. The molecule has 0 aromatic rings. The molecule has 2 bridgehead atoms. The van der Waals surface area contributed by atoms with Crippen LogP contribution in [0, 0.1) is 23.7 Å². The van der Waals surface area contributed by atoms with E-state index in [9.17, 15) is 20.2 Å². The second kappa shape index (κ2) is 20.6. The average molecular weight is 914 g/mol. The maximum absolute atomic E-state index is 14.5. The number of fused-ring (bicyclic) bond motifs is 2. The molecule has 1 spiro atoms. The van der Waals surface area contributed by atoms with Gasteiger partial charge in [0.2, 0.25) is 0 Å². The highest BCUT2D eigenvalue weighted by Gasteiger charge is 2.60. The number of methoxy groups -OCH3 is 2. The summed E-state index contributed by atoms with van der Waals surface area (Å²) in [5.74, 6) is -1.95. The standard InChI is InChI=1S/C50H75NO14/c1-27-13-12-16-34-26-58-47-42(51-55)30(4)21-37(50(34,47)54)48(53)61-36-22-35(64-49(25-36)20-19-29(3)45(65-49)33-14-10-9-11-15-33)18-17-28(2)44(27)62-41-24-39(57-8)46(32(6)60-41)63-40-23-38(56-7)43(52)31(5)59-40/h12-13,16-17,21,27,29,31-33,35-41,43-47,52,54-55H,9-11,14-15,18-20,22-26H2,1-8H3/b13-12+,28-17+,34-16+,51-42-/t27-,29-,31?,32?,35+,36-,37-,38+,39+,40-,41-,43-,44-,45-,46-,47+,49?,50+/m0/s1. The van der Waals surface area contributed by atoms with Gasteiger partial charge >= 0.3 is 5.97 Å². The van der Waals surface area contributed by atoms with Crippen LogP contribution in [0.3, 0.4) is 0 Å². The third-order valence-corrected chi connectivity index (χ3v) is 15.8. The lowest BCUT2D eigenvalue weighted by atomic mass is 9.71. The summed E-state index contributed by atoms with van der Waals surface area (Å²) in [6.07, 6.45) is 12.7. The number of esters is 1. The van der Waals surface area contributed by atoms with E-state index in [0.717, 1.165) is 24.8 Å². The van der Waals surface area contributed by atoms with E-state index in [1.165, 1.54) is 19.3 Å². The second-order valence-electron chi connectivity index (χ2n) is 20.3. The number of aliphatic hydroxyl groups is 2. The van der Waals surface area contributed by atoms with Crippen molar-refractivity contribution in [3.8, 4) is 0 Å². The van der Waals surface area contributed by atoms with Crippen molar-refractivity contribution in [1.82, 2.24) is 0 Å². The third-order valence-electron chi connectivity index (χ3n) is 15.8. The molecule has 65 heavy (non-hydrogen) atoms. The van der Waals surface area contributed by atoms with Crippen LogP contribution in [-0.4, -0.2) is 139 Å². The number of allylic oxidation sites excluding steroid dienone is 2. The van der Waals surface area contributed by atoms with Crippen LogP contribution in [-0.2, 0) is 52.2 Å². The van der Waals surface area contributed by atoms with E-state index < -0.39 is 84.7 Å². The fourth-order valence-electron chi connectivity index (χ4n) is 12.1. The minimum Gasteiger partial charge on any atom is -0.462 e.